The third kappa shape index (κ3) is 2.18. The highest BCUT2D eigenvalue weighted by Gasteiger charge is 2.22. The van der Waals surface area contributed by atoms with Crippen molar-refractivity contribution in [3.05, 3.63) is 36.5 Å². The second-order valence-corrected chi connectivity index (χ2v) is 4.94. The van der Waals surface area contributed by atoms with Crippen LogP contribution in [0.5, 0.6) is 0 Å². The van der Waals surface area contributed by atoms with Crippen LogP contribution in [0.2, 0.25) is 0 Å². The van der Waals surface area contributed by atoms with Crippen molar-refractivity contribution >= 4 is 16.6 Å². The first-order valence-electron chi connectivity index (χ1n) is 6.52. The molecule has 3 heteroatoms. The molecule has 0 amide bonds. The number of fused-ring (bicyclic) bond motifs is 1. The van der Waals surface area contributed by atoms with Crippen molar-refractivity contribution in [2.24, 2.45) is 5.92 Å². The van der Waals surface area contributed by atoms with Gasteiger partial charge < -0.3 is 10.1 Å². The lowest BCUT2D eigenvalue weighted by Gasteiger charge is -2.20. The topological polar surface area (TPSA) is 34.2 Å². The number of hydrogen-bond acceptors (Lipinski definition) is 3. The summed E-state index contributed by atoms with van der Waals surface area (Å²) in [7, 11) is 0. The van der Waals surface area contributed by atoms with Gasteiger partial charge in [0.05, 0.1) is 6.61 Å². The monoisotopic (exact) mass is 242 g/mol. The Morgan fingerprint density at radius 1 is 1.33 bits per heavy atom. The highest BCUT2D eigenvalue weighted by Crippen LogP contribution is 2.24. The molecule has 1 aliphatic rings. The van der Waals surface area contributed by atoms with E-state index >= 15 is 0 Å². The van der Waals surface area contributed by atoms with Gasteiger partial charge in [0.25, 0.3) is 0 Å². The molecule has 2 heterocycles. The lowest BCUT2D eigenvalue weighted by Crippen LogP contribution is -2.26. The number of ether oxygens (including phenoxy) is 1. The largest absolute Gasteiger partial charge is 0.381 e. The molecule has 0 aliphatic carbocycles. The first-order chi connectivity index (χ1) is 8.84. The molecule has 1 saturated heterocycles. The van der Waals surface area contributed by atoms with Gasteiger partial charge in [-0.25, -0.2) is 4.98 Å². The Balaban J connectivity index is 1.85. The lowest BCUT2D eigenvalue weighted by molar-refractivity contribution is 0.183. The molecule has 1 N–H and O–H groups in total. The Morgan fingerprint density at radius 2 is 2.22 bits per heavy atom. The molecule has 1 aliphatic heterocycles. The van der Waals surface area contributed by atoms with E-state index in [-0.39, 0.29) is 0 Å². The van der Waals surface area contributed by atoms with Crippen molar-refractivity contribution in [2.75, 3.05) is 18.5 Å². The fourth-order valence-corrected chi connectivity index (χ4v) is 2.52. The predicted molar refractivity (Wildman–Crippen MR) is 73.8 cm³/mol. The van der Waals surface area contributed by atoms with Crippen molar-refractivity contribution in [2.45, 2.75) is 19.4 Å². The van der Waals surface area contributed by atoms with Crippen molar-refractivity contribution in [1.29, 1.82) is 0 Å². The van der Waals surface area contributed by atoms with Crippen LogP contribution < -0.4 is 5.32 Å². The molecule has 1 aromatic carbocycles. The van der Waals surface area contributed by atoms with Crippen LogP contribution in [-0.4, -0.2) is 24.2 Å². The second kappa shape index (κ2) is 4.94. The Labute approximate surface area is 107 Å². The van der Waals surface area contributed by atoms with E-state index in [2.05, 4.69) is 41.5 Å². The highest BCUT2D eigenvalue weighted by atomic mass is 16.5. The standard InChI is InChI=1S/C15H18N2O/c1-11(13-7-9-18-10-13)17-15-14-5-3-2-4-12(14)6-8-16-15/h2-6,8,11,13H,7,9-10H2,1H3,(H,16,17). The van der Waals surface area contributed by atoms with Gasteiger partial charge in [0.15, 0.2) is 0 Å². The van der Waals surface area contributed by atoms with Gasteiger partial charge in [-0.3, -0.25) is 0 Å². The summed E-state index contributed by atoms with van der Waals surface area (Å²) in [5, 5.41) is 5.95. The van der Waals surface area contributed by atoms with Crippen LogP contribution in [-0.2, 0) is 4.74 Å². The van der Waals surface area contributed by atoms with Gasteiger partial charge in [-0.2, -0.15) is 0 Å². The smallest absolute Gasteiger partial charge is 0.134 e. The number of pyridine rings is 1. The summed E-state index contributed by atoms with van der Waals surface area (Å²) in [6.45, 7) is 3.96. The van der Waals surface area contributed by atoms with Gasteiger partial charge in [0.2, 0.25) is 0 Å². The van der Waals surface area contributed by atoms with E-state index in [0.29, 0.717) is 12.0 Å². The van der Waals surface area contributed by atoms with Crippen molar-refractivity contribution in [1.82, 2.24) is 4.98 Å². The minimum atomic E-state index is 0.394. The van der Waals surface area contributed by atoms with Crippen LogP contribution >= 0.6 is 0 Å². The SMILES string of the molecule is CC(Nc1nccc2ccccc12)C1CCOC1. The Morgan fingerprint density at radius 3 is 3.06 bits per heavy atom. The first-order valence-corrected chi connectivity index (χ1v) is 6.52. The van der Waals surface area contributed by atoms with Crippen LogP contribution in [0.1, 0.15) is 13.3 Å². The molecule has 0 radical (unpaired) electrons. The number of rotatable bonds is 3. The summed E-state index contributed by atoms with van der Waals surface area (Å²) in [5.74, 6) is 1.57. The zero-order valence-corrected chi connectivity index (χ0v) is 10.6. The molecule has 1 fully saturated rings. The van der Waals surface area contributed by atoms with Crippen molar-refractivity contribution in [3.63, 3.8) is 0 Å². The van der Waals surface area contributed by atoms with Gasteiger partial charge in [-0.05, 0) is 24.8 Å². The van der Waals surface area contributed by atoms with Crippen molar-refractivity contribution in [3.8, 4) is 0 Å². The first kappa shape index (κ1) is 11.5. The third-order valence-electron chi connectivity index (χ3n) is 3.71. The van der Waals surface area contributed by atoms with Gasteiger partial charge in [0.1, 0.15) is 5.82 Å². The average Bonchev–Trinajstić information content (AvgIpc) is 2.93. The molecular formula is C15H18N2O. The normalized spacial score (nSPS) is 21.1. The zero-order chi connectivity index (χ0) is 12.4. The van der Waals surface area contributed by atoms with Gasteiger partial charge in [-0.15, -0.1) is 0 Å². The van der Waals surface area contributed by atoms with E-state index in [9.17, 15) is 0 Å². The number of hydrogen-bond donors (Lipinski definition) is 1. The molecule has 0 bridgehead atoms. The lowest BCUT2D eigenvalue weighted by atomic mass is 10.0. The summed E-state index contributed by atoms with van der Waals surface area (Å²) in [6.07, 6.45) is 3.00. The van der Waals surface area contributed by atoms with E-state index in [1.165, 1.54) is 10.8 Å². The van der Waals surface area contributed by atoms with Crippen LogP contribution in [0.15, 0.2) is 36.5 Å². The molecule has 0 saturated carbocycles. The maximum Gasteiger partial charge on any atom is 0.134 e. The number of nitrogens with zero attached hydrogens (tertiary/aromatic N) is 1. The molecular weight excluding hydrogens is 224 g/mol. The van der Waals surface area contributed by atoms with Gasteiger partial charge in [-0.1, -0.05) is 24.3 Å². The Bertz CT molecular complexity index is 530. The third-order valence-corrected chi connectivity index (χ3v) is 3.71. The fourth-order valence-electron chi connectivity index (χ4n) is 2.52. The summed E-state index contributed by atoms with van der Waals surface area (Å²) in [5.41, 5.74) is 0. The molecule has 3 rings (SSSR count). The fraction of sp³-hybridized carbons (Fsp3) is 0.400. The van der Waals surface area contributed by atoms with Crippen LogP contribution in [0, 0.1) is 5.92 Å². The summed E-state index contributed by atoms with van der Waals surface area (Å²) >= 11 is 0. The minimum Gasteiger partial charge on any atom is -0.381 e. The molecule has 3 nitrogen and oxygen atoms in total. The second-order valence-electron chi connectivity index (χ2n) is 4.94. The molecule has 2 unspecified atom stereocenters. The maximum atomic E-state index is 5.44. The molecule has 1 aromatic heterocycles. The van der Waals surface area contributed by atoms with Gasteiger partial charge in [0, 0.05) is 30.1 Å². The average molecular weight is 242 g/mol. The summed E-state index contributed by atoms with van der Waals surface area (Å²) in [4.78, 5) is 4.47. The number of benzene rings is 1. The minimum absolute atomic E-state index is 0.394. The van der Waals surface area contributed by atoms with Crippen LogP contribution in [0.4, 0.5) is 5.82 Å². The van der Waals surface area contributed by atoms with E-state index in [0.717, 1.165) is 25.5 Å². The quantitative estimate of drug-likeness (QED) is 0.898. The van der Waals surface area contributed by atoms with E-state index in [4.69, 9.17) is 4.74 Å². The molecule has 18 heavy (non-hydrogen) atoms. The molecule has 2 atom stereocenters. The summed E-state index contributed by atoms with van der Waals surface area (Å²) < 4.78 is 5.44. The Hall–Kier alpha value is -1.61. The number of anilines is 1. The molecule has 2 aromatic rings. The number of nitrogens with one attached hydrogen (secondary N) is 1. The van der Waals surface area contributed by atoms with Crippen LogP contribution in [0.3, 0.4) is 0 Å². The number of aromatic nitrogens is 1. The summed E-state index contributed by atoms with van der Waals surface area (Å²) in [6, 6.07) is 10.8. The predicted octanol–water partition coefficient (Wildman–Crippen LogP) is 3.07. The van der Waals surface area contributed by atoms with Gasteiger partial charge >= 0.3 is 0 Å². The molecule has 94 valence electrons. The van der Waals surface area contributed by atoms with E-state index < -0.39 is 0 Å². The maximum absolute atomic E-state index is 5.44. The molecule has 0 spiro atoms. The van der Waals surface area contributed by atoms with E-state index in [1.54, 1.807) is 0 Å². The zero-order valence-electron chi connectivity index (χ0n) is 10.6. The van der Waals surface area contributed by atoms with E-state index in [1.807, 2.05) is 12.3 Å². The van der Waals surface area contributed by atoms with Crippen molar-refractivity contribution < 1.29 is 4.74 Å². The highest BCUT2D eigenvalue weighted by molar-refractivity contribution is 5.91. The Kier molecular flexibility index (Phi) is 3.15. The van der Waals surface area contributed by atoms with Crippen LogP contribution in [0.25, 0.3) is 10.8 Å².